The third kappa shape index (κ3) is 5.56. The van der Waals surface area contributed by atoms with Crippen molar-refractivity contribution in [1.29, 1.82) is 0 Å². The first-order chi connectivity index (χ1) is 12.2. The second-order valence-electron chi connectivity index (χ2n) is 5.73. The number of aromatic hydroxyl groups is 2. The van der Waals surface area contributed by atoms with E-state index in [1.165, 1.54) is 24.3 Å². The quantitative estimate of drug-likeness (QED) is 0.655. The van der Waals surface area contributed by atoms with Gasteiger partial charge < -0.3 is 15.5 Å². The fraction of sp³-hybridized carbons (Fsp3) is 0.278. The van der Waals surface area contributed by atoms with E-state index >= 15 is 0 Å². The van der Waals surface area contributed by atoms with Crippen LogP contribution in [0, 0.1) is 0 Å². The zero-order valence-electron chi connectivity index (χ0n) is 13.6. The summed E-state index contributed by atoms with van der Waals surface area (Å²) >= 11 is 5.56. The highest BCUT2D eigenvalue weighted by atomic mass is 35.5. The van der Waals surface area contributed by atoms with Gasteiger partial charge in [0.05, 0.1) is 10.6 Å². The smallest absolute Gasteiger partial charge is 0.417 e. The molecule has 0 aliphatic carbocycles. The number of hydrogen-bond acceptors (Lipinski definition) is 3. The van der Waals surface area contributed by atoms with Crippen molar-refractivity contribution < 1.29 is 28.2 Å². The van der Waals surface area contributed by atoms with Crippen LogP contribution >= 0.6 is 11.6 Å². The largest absolute Gasteiger partial charge is 0.504 e. The van der Waals surface area contributed by atoms with Gasteiger partial charge in [-0.15, -0.1) is 0 Å². The van der Waals surface area contributed by atoms with E-state index in [-0.39, 0.29) is 41.8 Å². The van der Waals surface area contributed by atoms with E-state index in [0.29, 0.717) is 17.5 Å². The highest BCUT2D eigenvalue weighted by Gasteiger charge is 2.33. The van der Waals surface area contributed by atoms with E-state index in [0.717, 1.165) is 6.07 Å². The van der Waals surface area contributed by atoms with Crippen molar-refractivity contribution >= 4 is 17.5 Å². The Kier molecular flexibility index (Phi) is 6.37. The molecule has 2 aromatic rings. The summed E-state index contributed by atoms with van der Waals surface area (Å²) in [5.41, 5.74) is 0.212. The fourth-order valence-corrected chi connectivity index (χ4v) is 2.59. The number of rotatable bonds is 6. The van der Waals surface area contributed by atoms with Crippen LogP contribution < -0.4 is 5.32 Å². The lowest BCUT2D eigenvalue weighted by Gasteiger charge is -2.11. The molecule has 0 bridgehead atoms. The number of nitrogens with one attached hydrogen (secondary N) is 1. The van der Waals surface area contributed by atoms with Crippen LogP contribution in [0.4, 0.5) is 13.2 Å². The van der Waals surface area contributed by atoms with Crippen LogP contribution in [0.2, 0.25) is 5.02 Å². The number of alkyl halides is 3. The number of benzene rings is 2. The lowest BCUT2D eigenvalue weighted by molar-refractivity contribution is -0.137. The molecule has 8 heteroatoms. The number of carbonyl (C=O) groups excluding carboxylic acids is 1. The van der Waals surface area contributed by atoms with E-state index in [2.05, 4.69) is 5.32 Å². The molecule has 4 nitrogen and oxygen atoms in total. The molecule has 2 aromatic carbocycles. The molecule has 0 fully saturated rings. The Morgan fingerprint density at radius 2 is 1.65 bits per heavy atom. The topological polar surface area (TPSA) is 69.6 Å². The van der Waals surface area contributed by atoms with Crippen LogP contribution in [0.5, 0.6) is 11.5 Å². The van der Waals surface area contributed by atoms with Crippen molar-refractivity contribution in [2.45, 2.75) is 25.4 Å². The minimum Gasteiger partial charge on any atom is -0.504 e. The predicted octanol–water partition coefficient (Wildman–Crippen LogP) is 4.06. The molecule has 1 amide bonds. The zero-order chi connectivity index (χ0) is 19.3. The number of phenolic OH excluding ortho intramolecular Hbond substituents is 2. The summed E-state index contributed by atoms with van der Waals surface area (Å²) < 4.78 is 38.4. The first-order valence-electron chi connectivity index (χ1n) is 7.80. The summed E-state index contributed by atoms with van der Waals surface area (Å²) in [6, 6.07) is 7.96. The van der Waals surface area contributed by atoms with Gasteiger partial charge in [0.25, 0.3) is 0 Å². The van der Waals surface area contributed by atoms with E-state index in [4.69, 9.17) is 11.6 Å². The van der Waals surface area contributed by atoms with Crippen LogP contribution in [-0.2, 0) is 23.8 Å². The number of carbonyl (C=O) groups is 1. The monoisotopic (exact) mass is 387 g/mol. The zero-order valence-corrected chi connectivity index (χ0v) is 14.4. The number of halogens is 4. The van der Waals surface area contributed by atoms with E-state index in [1.54, 1.807) is 6.07 Å². The van der Waals surface area contributed by atoms with Gasteiger partial charge in [0, 0.05) is 13.0 Å². The summed E-state index contributed by atoms with van der Waals surface area (Å²) in [7, 11) is 0. The van der Waals surface area contributed by atoms with Crippen molar-refractivity contribution in [2.75, 3.05) is 6.54 Å². The van der Waals surface area contributed by atoms with Crippen LogP contribution in [-0.4, -0.2) is 22.7 Å². The van der Waals surface area contributed by atoms with Gasteiger partial charge in [-0.2, -0.15) is 13.2 Å². The molecule has 0 spiro atoms. The third-order valence-electron chi connectivity index (χ3n) is 3.75. The molecule has 140 valence electrons. The average Bonchev–Trinajstić information content (AvgIpc) is 2.56. The van der Waals surface area contributed by atoms with E-state index < -0.39 is 11.7 Å². The van der Waals surface area contributed by atoms with E-state index in [9.17, 15) is 28.2 Å². The SMILES string of the molecule is O=C(CCc1ccc(O)c(O)c1)NCCc1ccc(Cl)c(C(F)(F)F)c1. The number of aryl methyl sites for hydroxylation is 1. The molecule has 0 atom stereocenters. The normalized spacial score (nSPS) is 11.4. The Hall–Kier alpha value is -2.41. The first kappa shape index (κ1) is 19.9. The molecule has 0 radical (unpaired) electrons. The van der Waals surface area contributed by atoms with Crippen molar-refractivity contribution in [3.05, 3.63) is 58.1 Å². The lowest BCUT2D eigenvalue weighted by atomic mass is 10.1. The summed E-state index contributed by atoms with van der Waals surface area (Å²) in [6.45, 7) is 0.193. The summed E-state index contributed by atoms with van der Waals surface area (Å²) in [5.74, 6) is -0.756. The van der Waals surface area contributed by atoms with Gasteiger partial charge in [-0.3, -0.25) is 4.79 Å². The second kappa shape index (κ2) is 8.31. The lowest BCUT2D eigenvalue weighted by Crippen LogP contribution is -2.26. The highest BCUT2D eigenvalue weighted by Crippen LogP contribution is 2.35. The second-order valence-corrected chi connectivity index (χ2v) is 6.14. The molecule has 0 saturated carbocycles. The van der Waals surface area contributed by atoms with Gasteiger partial charge in [0.15, 0.2) is 11.5 Å². The number of amides is 1. The van der Waals surface area contributed by atoms with Crippen LogP contribution in [0.15, 0.2) is 36.4 Å². The fourth-order valence-electron chi connectivity index (χ4n) is 2.36. The molecular weight excluding hydrogens is 371 g/mol. The Labute approximate surface area is 153 Å². The summed E-state index contributed by atoms with van der Waals surface area (Å²) in [4.78, 5) is 11.8. The first-order valence-corrected chi connectivity index (χ1v) is 8.18. The Balaban J connectivity index is 1.82. The maximum atomic E-state index is 12.8. The summed E-state index contributed by atoms with van der Waals surface area (Å²) in [6.07, 6.45) is -3.77. The molecule has 0 saturated heterocycles. The minimum atomic E-state index is -4.52. The average molecular weight is 388 g/mol. The van der Waals surface area contributed by atoms with Gasteiger partial charge in [-0.25, -0.2) is 0 Å². The summed E-state index contributed by atoms with van der Waals surface area (Å²) in [5, 5.41) is 20.9. The van der Waals surface area contributed by atoms with Gasteiger partial charge in [0.2, 0.25) is 5.91 Å². The Morgan fingerprint density at radius 3 is 2.31 bits per heavy atom. The van der Waals surface area contributed by atoms with Crippen molar-refractivity contribution in [2.24, 2.45) is 0 Å². The van der Waals surface area contributed by atoms with Crippen LogP contribution in [0.3, 0.4) is 0 Å². The minimum absolute atomic E-state index is 0.151. The Morgan fingerprint density at radius 1 is 1.00 bits per heavy atom. The molecule has 26 heavy (non-hydrogen) atoms. The molecule has 0 heterocycles. The van der Waals surface area contributed by atoms with Crippen LogP contribution in [0.1, 0.15) is 23.1 Å². The highest BCUT2D eigenvalue weighted by molar-refractivity contribution is 6.31. The number of phenols is 2. The molecule has 0 unspecified atom stereocenters. The van der Waals surface area contributed by atoms with Crippen molar-refractivity contribution in [3.63, 3.8) is 0 Å². The van der Waals surface area contributed by atoms with Gasteiger partial charge in [-0.1, -0.05) is 23.7 Å². The third-order valence-corrected chi connectivity index (χ3v) is 4.08. The standard InChI is InChI=1S/C18H17ClF3NO3/c19-14-4-1-12(9-13(14)18(20,21)22)7-8-23-17(26)6-3-11-2-5-15(24)16(25)10-11/h1-2,4-5,9-10,24-25H,3,6-8H2,(H,23,26). The van der Waals surface area contributed by atoms with Crippen LogP contribution in [0.25, 0.3) is 0 Å². The van der Waals surface area contributed by atoms with Crippen molar-refractivity contribution in [3.8, 4) is 11.5 Å². The Bertz CT molecular complexity index is 794. The maximum absolute atomic E-state index is 12.8. The molecule has 0 aromatic heterocycles. The van der Waals surface area contributed by atoms with Crippen molar-refractivity contribution in [1.82, 2.24) is 5.32 Å². The van der Waals surface area contributed by atoms with Gasteiger partial charge in [-0.05, 0) is 48.2 Å². The predicted molar refractivity (Wildman–Crippen MR) is 91.3 cm³/mol. The maximum Gasteiger partial charge on any atom is 0.417 e. The van der Waals surface area contributed by atoms with E-state index in [1.807, 2.05) is 0 Å². The molecular formula is C18H17ClF3NO3. The molecule has 0 aliphatic rings. The molecule has 3 N–H and O–H groups in total. The molecule has 0 aliphatic heterocycles. The number of hydrogen-bond donors (Lipinski definition) is 3. The van der Waals surface area contributed by atoms with Gasteiger partial charge in [0.1, 0.15) is 0 Å². The molecule has 2 rings (SSSR count). The van der Waals surface area contributed by atoms with Gasteiger partial charge >= 0.3 is 6.18 Å².